The zero-order valence-electron chi connectivity index (χ0n) is 11.7. The molecule has 3 rings (SSSR count). The second-order valence-electron chi connectivity index (χ2n) is 6.40. The van der Waals surface area contributed by atoms with Crippen molar-refractivity contribution in [2.75, 3.05) is 59.0 Å². The minimum Gasteiger partial charge on any atom is -0.379 e. The zero-order valence-corrected chi connectivity index (χ0v) is 11.7. The third-order valence-corrected chi connectivity index (χ3v) is 4.87. The molecule has 4 heteroatoms. The Hall–Kier alpha value is -0.160. The molecular formula is C14H27N3O. The van der Waals surface area contributed by atoms with Crippen molar-refractivity contribution in [3.8, 4) is 0 Å². The van der Waals surface area contributed by atoms with Gasteiger partial charge in [-0.15, -0.1) is 0 Å². The molecule has 0 aromatic rings. The lowest BCUT2D eigenvalue weighted by Gasteiger charge is -2.33. The first-order valence-electron chi connectivity index (χ1n) is 7.52. The van der Waals surface area contributed by atoms with Crippen LogP contribution in [0.15, 0.2) is 0 Å². The SMILES string of the molecule is CC1CNCC2(CC2)CN1CCN1CCOCC1. The van der Waals surface area contributed by atoms with E-state index in [4.69, 9.17) is 4.74 Å². The summed E-state index contributed by atoms with van der Waals surface area (Å²) in [4.78, 5) is 5.26. The fourth-order valence-corrected chi connectivity index (χ4v) is 3.22. The summed E-state index contributed by atoms with van der Waals surface area (Å²) in [7, 11) is 0. The molecule has 2 aliphatic heterocycles. The minimum atomic E-state index is 0.635. The van der Waals surface area contributed by atoms with E-state index in [0.29, 0.717) is 11.5 Å². The molecule has 4 nitrogen and oxygen atoms in total. The van der Waals surface area contributed by atoms with E-state index in [1.165, 1.54) is 39.0 Å². The molecule has 104 valence electrons. The third kappa shape index (κ3) is 3.05. The Morgan fingerprint density at radius 3 is 2.72 bits per heavy atom. The summed E-state index contributed by atoms with van der Waals surface area (Å²) >= 11 is 0. The molecule has 18 heavy (non-hydrogen) atoms. The lowest BCUT2D eigenvalue weighted by atomic mass is 10.1. The fraction of sp³-hybridized carbons (Fsp3) is 1.00. The molecule has 1 N–H and O–H groups in total. The van der Waals surface area contributed by atoms with Gasteiger partial charge in [-0.05, 0) is 25.2 Å². The van der Waals surface area contributed by atoms with Gasteiger partial charge in [-0.1, -0.05) is 0 Å². The van der Waals surface area contributed by atoms with E-state index >= 15 is 0 Å². The molecule has 1 atom stereocenters. The number of nitrogens with zero attached hydrogens (tertiary/aromatic N) is 2. The number of ether oxygens (including phenoxy) is 1. The standard InChI is InChI=1S/C14H27N3O/c1-13-10-15-11-14(2-3-14)12-17(13)5-4-16-6-8-18-9-7-16/h13,15H,2-12H2,1H3. The molecule has 0 aromatic heterocycles. The third-order valence-electron chi connectivity index (χ3n) is 4.87. The van der Waals surface area contributed by atoms with Crippen LogP contribution < -0.4 is 5.32 Å². The van der Waals surface area contributed by atoms with Gasteiger partial charge in [0.1, 0.15) is 0 Å². The van der Waals surface area contributed by atoms with Crippen molar-refractivity contribution in [2.24, 2.45) is 5.41 Å². The van der Waals surface area contributed by atoms with Gasteiger partial charge in [-0.3, -0.25) is 9.80 Å². The molecule has 0 radical (unpaired) electrons. The van der Waals surface area contributed by atoms with E-state index in [-0.39, 0.29) is 0 Å². The van der Waals surface area contributed by atoms with Crippen LogP contribution in [0, 0.1) is 5.41 Å². The van der Waals surface area contributed by atoms with Crippen LogP contribution in [0.4, 0.5) is 0 Å². The summed E-state index contributed by atoms with van der Waals surface area (Å²) in [6.45, 7) is 12.6. The first-order chi connectivity index (χ1) is 8.77. The molecule has 3 aliphatic rings. The topological polar surface area (TPSA) is 27.7 Å². The van der Waals surface area contributed by atoms with Gasteiger partial charge < -0.3 is 10.1 Å². The lowest BCUT2D eigenvalue weighted by Crippen LogP contribution is -2.45. The van der Waals surface area contributed by atoms with Crippen LogP contribution in [-0.4, -0.2) is 74.9 Å². The fourth-order valence-electron chi connectivity index (χ4n) is 3.22. The summed E-state index contributed by atoms with van der Waals surface area (Å²) in [6, 6.07) is 0.686. The highest BCUT2D eigenvalue weighted by Crippen LogP contribution is 2.46. The van der Waals surface area contributed by atoms with Crippen molar-refractivity contribution in [3.05, 3.63) is 0 Å². The Labute approximate surface area is 111 Å². The van der Waals surface area contributed by atoms with E-state index in [2.05, 4.69) is 22.0 Å². The Morgan fingerprint density at radius 2 is 2.00 bits per heavy atom. The summed E-state index contributed by atoms with van der Waals surface area (Å²) in [6.07, 6.45) is 2.86. The number of rotatable bonds is 3. The summed E-state index contributed by atoms with van der Waals surface area (Å²) in [5.74, 6) is 0. The van der Waals surface area contributed by atoms with Gasteiger partial charge in [-0.25, -0.2) is 0 Å². The van der Waals surface area contributed by atoms with E-state index < -0.39 is 0 Å². The average Bonchev–Trinajstić information content (AvgIpc) is 3.17. The van der Waals surface area contributed by atoms with Gasteiger partial charge in [-0.2, -0.15) is 0 Å². The smallest absolute Gasteiger partial charge is 0.0594 e. The van der Waals surface area contributed by atoms with E-state index in [1.807, 2.05) is 0 Å². The molecule has 1 aliphatic carbocycles. The Balaban J connectivity index is 1.49. The molecule has 2 saturated heterocycles. The van der Waals surface area contributed by atoms with Gasteiger partial charge in [0.05, 0.1) is 13.2 Å². The number of hydrogen-bond acceptors (Lipinski definition) is 4. The van der Waals surface area contributed by atoms with Crippen molar-refractivity contribution in [1.29, 1.82) is 0 Å². The monoisotopic (exact) mass is 253 g/mol. The molecule has 1 unspecified atom stereocenters. The van der Waals surface area contributed by atoms with Crippen LogP contribution in [-0.2, 0) is 4.74 Å². The van der Waals surface area contributed by atoms with Crippen LogP contribution in [0.2, 0.25) is 0 Å². The second-order valence-corrected chi connectivity index (χ2v) is 6.40. The predicted molar refractivity (Wildman–Crippen MR) is 72.8 cm³/mol. The maximum absolute atomic E-state index is 5.41. The molecule has 0 bridgehead atoms. The van der Waals surface area contributed by atoms with E-state index in [1.54, 1.807) is 0 Å². The second kappa shape index (κ2) is 5.45. The molecular weight excluding hydrogens is 226 g/mol. The maximum Gasteiger partial charge on any atom is 0.0594 e. The minimum absolute atomic E-state index is 0.635. The largest absolute Gasteiger partial charge is 0.379 e. The molecule has 2 heterocycles. The Kier molecular flexibility index (Phi) is 3.89. The Bertz CT molecular complexity index is 274. The van der Waals surface area contributed by atoms with E-state index in [0.717, 1.165) is 32.8 Å². The Morgan fingerprint density at radius 1 is 1.22 bits per heavy atom. The highest BCUT2D eigenvalue weighted by atomic mass is 16.5. The van der Waals surface area contributed by atoms with Crippen LogP contribution in [0.3, 0.4) is 0 Å². The number of hydrogen-bond donors (Lipinski definition) is 1. The van der Waals surface area contributed by atoms with Gasteiger partial charge in [0.15, 0.2) is 0 Å². The van der Waals surface area contributed by atoms with Crippen molar-refractivity contribution in [1.82, 2.24) is 15.1 Å². The molecule has 3 fully saturated rings. The van der Waals surface area contributed by atoms with Crippen LogP contribution in [0.25, 0.3) is 0 Å². The van der Waals surface area contributed by atoms with Crippen molar-refractivity contribution >= 4 is 0 Å². The molecule has 1 spiro atoms. The maximum atomic E-state index is 5.41. The highest BCUT2D eigenvalue weighted by Gasteiger charge is 2.45. The lowest BCUT2D eigenvalue weighted by molar-refractivity contribution is 0.0307. The number of morpholine rings is 1. The van der Waals surface area contributed by atoms with Gasteiger partial charge in [0.2, 0.25) is 0 Å². The summed E-state index contributed by atoms with van der Waals surface area (Å²) in [5.41, 5.74) is 0.635. The highest BCUT2D eigenvalue weighted by molar-refractivity contribution is 5.00. The van der Waals surface area contributed by atoms with E-state index in [9.17, 15) is 0 Å². The normalized spacial score (nSPS) is 33.5. The van der Waals surface area contributed by atoms with Gasteiger partial charge in [0.25, 0.3) is 0 Å². The summed E-state index contributed by atoms with van der Waals surface area (Å²) in [5, 5.41) is 3.64. The van der Waals surface area contributed by atoms with Crippen LogP contribution >= 0.6 is 0 Å². The van der Waals surface area contributed by atoms with Gasteiger partial charge in [0, 0.05) is 51.9 Å². The van der Waals surface area contributed by atoms with Crippen molar-refractivity contribution in [3.63, 3.8) is 0 Å². The molecule has 0 aromatic carbocycles. The van der Waals surface area contributed by atoms with Crippen molar-refractivity contribution in [2.45, 2.75) is 25.8 Å². The number of nitrogens with one attached hydrogen (secondary N) is 1. The van der Waals surface area contributed by atoms with Crippen molar-refractivity contribution < 1.29 is 4.74 Å². The quantitative estimate of drug-likeness (QED) is 0.787. The summed E-state index contributed by atoms with van der Waals surface area (Å²) < 4.78 is 5.41. The first kappa shape index (κ1) is 12.9. The van der Waals surface area contributed by atoms with Crippen LogP contribution in [0.1, 0.15) is 19.8 Å². The average molecular weight is 253 g/mol. The van der Waals surface area contributed by atoms with Gasteiger partial charge >= 0.3 is 0 Å². The predicted octanol–water partition coefficient (Wildman–Crippen LogP) is 0.393. The van der Waals surface area contributed by atoms with Crippen LogP contribution in [0.5, 0.6) is 0 Å². The first-order valence-corrected chi connectivity index (χ1v) is 7.52. The zero-order chi connectivity index (χ0) is 12.4. The molecule has 0 amide bonds. The molecule has 1 saturated carbocycles.